The van der Waals surface area contributed by atoms with E-state index in [9.17, 15) is 9.90 Å². The molecule has 3 saturated heterocycles. The first kappa shape index (κ1) is 21.9. The second-order valence-corrected chi connectivity index (χ2v) is 11.9. The Labute approximate surface area is 208 Å². The number of piperidine rings is 1. The first-order valence-electron chi connectivity index (χ1n) is 13.5. The number of rotatable bonds is 6. The fourth-order valence-corrected chi connectivity index (χ4v) is 8.35. The van der Waals surface area contributed by atoms with E-state index in [1.165, 1.54) is 30.5 Å². The summed E-state index contributed by atoms with van der Waals surface area (Å²) in [6.45, 7) is 2.96. The number of amides is 1. The lowest BCUT2D eigenvalue weighted by atomic mass is 9.52. The Morgan fingerprint density at radius 3 is 2.77 bits per heavy atom. The molecule has 5 aliphatic rings. The largest absolute Gasteiger partial charge is 0.508 e. The summed E-state index contributed by atoms with van der Waals surface area (Å²) in [5.74, 6) is 2.11. The van der Waals surface area contributed by atoms with Crippen LogP contribution in [-0.4, -0.2) is 64.7 Å². The summed E-state index contributed by atoms with van der Waals surface area (Å²) in [6.07, 6.45) is 7.60. The standard InChI is InChI=1S/C30H36N2O3/c1-31(27(34)15-20-5-3-2-4-6-20)19-29-13-11-26(35-29)30-17-22-9-10-23(33)16-25(22)24(28(29)30)12-14-32(30)18-21-7-8-21/h2-6,9-10,16,21,24,26,28,33H,7-8,11-15,17-19H2,1H3/t24?,26?,28?,29-,30?/m0/s1. The zero-order valence-corrected chi connectivity index (χ0v) is 20.7. The molecule has 7 rings (SSSR count). The number of hydrogen-bond acceptors (Lipinski definition) is 4. The third-order valence-electron chi connectivity index (χ3n) is 9.88. The number of ether oxygens (including phenoxy) is 1. The molecule has 2 aliphatic carbocycles. The fourth-order valence-electron chi connectivity index (χ4n) is 8.35. The van der Waals surface area contributed by atoms with Crippen molar-refractivity contribution in [2.24, 2.45) is 11.8 Å². The van der Waals surface area contributed by atoms with Gasteiger partial charge in [-0.3, -0.25) is 9.69 Å². The molecule has 2 aromatic rings. The van der Waals surface area contributed by atoms with Crippen molar-refractivity contribution in [1.29, 1.82) is 0 Å². The third-order valence-corrected chi connectivity index (χ3v) is 9.88. The van der Waals surface area contributed by atoms with Crippen LogP contribution in [0.4, 0.5) is 0 Å². The van der Waals surface area contributed by atoms with Gasteiger partial charge in [-0.1, -0.05) is 36.4 Å². The van der Waals surface area contributed by atoms with E-state index in [-0.39, 0.29) is 23.2 Å². The molecule has 0 aromatic heterocycles. The van der Waals surface area contributed by atoms with Crippen LogP contribution >= 0.6 is 0 Å². The Kier molecular flexibility index (Phi) is 4.88. The number of likely N-dealkylation sites (tertiary alicyclic amines) is 1. The zero-order valence-electron chi connectivity index (χ0n) is 20.7. The minimum absolute atomic E-state index is 0.0248. The first-order valence-corrected chi connectivity index (χ1v) is 13.5. The van der Waals surface area contributed by atoms with Gasteiger partial charge in [0.15, 0.2) is 0 Å². The molecule has 2 aromatic carbocycles. The van der Waals surface area contributed by atoms with Crippen LogP contribution in [-0.2, 0) is 22.4 Å². The van der Waals surface area contributed by atoms with E-state index in [2.05, 4.69) is 11.0 Å². The van der Waals surface area contributed by atoms with Gasteiger partial charge in [-0.05, 0) is 85.7 Å². The van der Waals surface area contributed by atoms with Crippen LogP contribution in [0, 0.1) is 11.8 Å². The van der Waals surface area contributed by atoms with Gasteiger partial charge in [-0.25, -0.2) is 0 Å². The van der Waals surface area contributed by atoms with Gasteiger partial charge in [0.25, 0.3) is 0 Å². The lowest BCUT2D eigenvalue weighted by Gasteiger charge is -2.61. The van der Waals surface area contributed by atoms with E-state index in [4.69, 9.17) is 4.74 Å². The minimum atomic E-state index is -0.304. The summed E-state index contributed by atoms with van der Waals surface area (Å²) in [5, 5.41) is 10.4. The topological polar surface area (TPSA) is 53.0 Å². The minimum Gasteiger partial charge on any atom is -0.508 e. The van der Waals surface area contributed by atoms with Crippen molar-refractivity contribution < 1.29 is 14.6 Å². The maximum absolute atomic E-state index is 13.3. The summed E-state index contributed by atoms with van der Waals surface area (Å²) in [6, 6.07) is 16.1. The Morgan fingerprint density at radius 2 is 1.97 bits per heavy atom. The molecular weight excluding hydrogens is 436 g/mol. The van der Waals surface area contributed by atoms with E-state index in [0.717, 1.165) is 43.7 Å². The molecule has 1 N–H and O–H groups in total. The Balaban J connectivity index is 1.24. The molecule has 1 amide bonds. The maximum atomic E-state index is 13.3. The van der Waals surface area contributed by atoms with Crippen LogP contribution in [0.1, 0.15) is 54.7 Å². The van der Waals surface area contributed by atoms with E-state index in [1.807, 2.05) is 54.4 Å². The molecule has 4 bridgehead atoms. The number of carbonyl (C=O) groups is 1. The quantitative estimate of drug-likeness (QED) is 0.687. The Morgan fingerprint density at radius 1 is 1.14 bits per heavy atom. The highest BCUT2D eigenvalue weighted by molar-refractivity contribution is 5.78. The number of carbonyl (C=O) groups excluding carboxylic acids is 1. The monoisotopic (exact) mass is 472 g/mol. The number of benzene rings is 2. The highest BCUT2D eigenvalue weighted by atomic mass is 16.5. The van der Waals surface area contributed by atoms with Crippen molar-refractivity contribution >= 4 is 5.91 Å². The van der Waals surface area contributed by atoms with Crippen LogP contribution in [0.2, 0.25) is 0 Å². The summed E-state index contributed by atoms with van der Waals surface area (Å²) in [5.41, 5.74) is 3.50. The van der Waals surface area contributed by atoms with Gasteiger partial charge in [0, 0.05) is 26.1 Å². The normalized spacial score (nSPS) is 34.9. The number of hydrogen-bond donors (Lipinski definition) is 1. The SMILES string of the molecule is CN(C[C@]12CCC(O1)C13Cc4ccc(O)cc4C(CCN1CC1CC1)C32)C(=O)Cc1ccccc1. The predicted octanol–water partition coefficient (Wildman–Crippen LogP) is 4.14. The van der Waals surface area contributed by atoms with Crippen molar-refractivity contribution in [2.45, 2.75) is 68.1 Å². The third kappa shape index (κ3) is 3.31. The molecule has 4 fully saturated rings. The highest BCUT2D eigenvalue weighted by Gasteiger charge is 2.73. The van der Waals surface area contributed by atoms with Gasteiger partial charge in [0.05, 0.1) is 23.7 Å². The van der Waals surface area contributed by atoms with Crippen LogP contribution in [0.5, 0.6) is 5.75 Å². The molecule has 1 saturated carbocycles. The lowest BCUT2D eigenvalue weighted by molar-refractivity contribution is -0.134. The molecule has 5 nitrogen and oxygen atoms in total. The average molecular weight is 473 g/mol. The van der Waals surface area contributed by atoms with E-state index in [1.54, 1.807) is 0 Å². The highest BCUT2D eigenvalue weighted by Crippen LogP contribution is 2.66. The fraction of sp³-hybridized carbons (Fsp3) is 0.567. The van der Waals surface area contributed by atoms with Crippen molar-refractivity contribution in [2.75, 3.05) is 26.7 Å². The molecular formula is C30H36N2O3. The Bertz CT molecular complexity index is 1150. The van der Waals surface area contributed by atoms with Gasteiger partial charge in [0.1, 0.15) is 5.75 Å². The number of aromatic hydroxyl groups is 1. The first-order chi connectivity index (χ1) is 17.0. The average Bonchev–Trinajstić information content (AvgIpc) is 3.51. The second-order valence-electron chi connectivity index (χ2n) is 11.9. The number of nitrogens with zero attached hydrogens (tertiary/aromatic N) is 2. The van der Waals surface area contributed by atoms with Gasteiger partial charge < -0.3 is 14.7 Å². The lowest BCUT2D eigenvalue weighted by Crippen LogP contribution is -2.70. The van der Waals surface area contributed by atoms with Crippen molar-refractivity contribution in [1.82, 2.24) is 9.80 Å². The summed E-state index contributed by atoms with van der Waals surface area (Å²) < 4.78 is 7.08. The number of fused-ring (bicyclic) bond motifs is 4. The van der Waals surface area contributed by atoms with Crippen LogP contribution in [0.15, 0.2) is 48.5 Å². The van der Waals surface area contributed by atoms with E-state index >= 15 is 0 Å². The van der Waals surface area contributed by atoms with E-state index < -0.39 is 0 Å². The number of phenols is 1. The van der Waals surface area contributed by atoms with Gasteiger partial charge >= 0.3 is 0 Å². The second kappa shape index (κ2) is 7.81. The summed E-state index contributed by atoms with van der Waals surface area (Å²) in [4.78, 5) is 18.0. The van der Waals surface area contributed by atoms with Crippen LogP contribution < -0.4 is 0 Å². The van der Waals surface area contributed by atoms with Gasteiger partial charge in [-0.15, -0.1) is 0 Å². The maximum Gasteiger partial charge on any atom is 0.226 e. The molecule has 0 radical (unpaired) electrons. The smallest absolute Gasteiger partial charge is 0.226 e. The molecule has 35 heavy (non-hydrogen) atoms. The predicted molar refractivity (Wildman–Crippen MR) is 134 cm³/mol. The number of phenolic OH excluding ortho intramolecular Hbond substituents is 1. The van der Waals surface area contributed by atoms with Crippen LogP contribution in [0.3, 0.4) is 0 Å². The molecule has 3 heterocycles. The zero-order chi connectivity index (χ0) is 23.8. The van der Waals surface area contributed by atoms with E-state index in [0.29, 0.717) is 30.6 Å². The van der Waals surface area contributed by atoms with Gasteiger partial charge in [-0.2, -0.15) is 0 Å². The molecule has 184 valence electrons. The summed E-state index contributed by atoms with van der Waals surface area (Å²) >= 11 is 0. The number of likely N-dealkylation sites (N-methyl/N-ethyl adjacent to an activating group) is 1. The van der Waals surface area contributed by atoms with Crippen molar-refractivity contribution in [3.63, 3.8) is 0 Å². The van der Waals surface area contributed by atoms with Crippen molar-refractivity contribution in [3.05, 3.63) is 65.2 Å². The molecule has 3 aliphatic heterocycles. The van der Waals surface area contributed by atoms with Crippen molar-refractivity contribution in [3.8, 4) is 5.75 Å². The molecule has 5 atom stereocenters. The summed E-state index contributed by atoms with van der Waals surface area (Å²) in [7, 11) is 1.96. The molecule has 5 heteroatoms. The Hall–Kier alpha value is -2.37. The molecule has 0 spiro atoms. The van der Waals surface area contributed by atoms with Gasteiger partial charge in [0.2, 0.25) is 5.91 Å². The van der Waals surface area contributed by atoms with Crippen LogP contribution in [0.25, 0.3) is 0 Å². The molecule has 4 unspecified atom stereocenters.